The summed E-state index contributed by atoms with van der Waals surface area (Å²) in [5, 5.41) is 0. The Morgan fingerprint density at radius 3 is 1.83 bits per heavy atom. The van der Waals surface area contributed by atoms with Gasteiger partial charge in [0, 0.05) is 22.3 Å². The zero-order chi connectivity index (χ0) is 13.0. The molecule has 0 fully saturated rings. The molecule has 0 unspecified atom stereocenters. The lowest BCUT2D eigenvalue weighted by molar-refractivity contribution is 0.627. The second-order valence-corrected chi connectivity index (χ2v) is 5.80. The van der Waals surface area contributed by atoms with Crippen LogP contribution >= 0.6 is 0 Å². The lowest BCUT2D eigenvalue weighted by atomic mass is 10.2. The van der Waals surface area contributed by atoms with Gasteiger partial charge in [-0.3, -0.25) is 4.21 Å². The summed E-state index contributed by atoms with van der Waals surface area (Å²) in [7, 11) is -0.958. The van der Waals surface area contributed by atoms with Gasteiger partial charge in [0.05, 0.1) is 0 Å². The van der Waals surface area contributed by atoms with Crippen molar-refractivity contribution < 1.29 is 8.60 Å². The molecular formula is C15H15FOS. The van der Waals surface area contributed by atoms with Crippen LogP contribution in [0.25, 0.3) is 0 Å². The zero-order valence-corrected chi connectivity index (χ0v) is 11.0. The fourth-order valence-corrected chi connectivity index (χ4v) is 2.92. The second-order valence-electron chi connectivity index (χ2n) is 4.34. The van der Waals surface area contributed by atoms with Crippen LogP contribution < -0.4 is 0 Å². The van der Waals surface area contributed by atoms with Crippen molar-refractivity contribution in [2.45, 2.75) is 18.4 Å². The summed E-state index contributed by atoms with van der Waals surface area (Å²) in [6, 6.07) is 14.2. The fraction of sp³-hybridized carbons (Fsp3) is 0.200. The number of halogens is 1. The lowest BCUT2D eigenvalue weighted by Gasteiger charge is -2.03. The van der Waals surface area contributed by atoms with E-state index >= 15 is 0 Å². The van der Waals surface area contributed by atoms with E-state index in [9.17, 15) is 8.60 Å². The van der Waals surface area contributed by atoms with Crippen molar-refractivity contribution in [3.05, 3.63) is 71.0 Å². The second kappa shape index (κ2) is 5.91. The van der Waals surface area contributed by atoms with E-state index in [1.54, 1.807) is 12.1 Å². The van der Waals surface area contributed by atoms with Gasteiger partial charge in [-0.2, -0.15) is 0 Å². The van der Waals surface area contributed by atoms with Crippen LogP contribution in [0.2, 0.25) is 0 Å². The highest BCUT2D eigenvalue weighted by molar-refractivity contribution is 7.83. The fourth-order valence-electron chi connectivity index (χ4n) is 1.69. The van der Waals surface area contributed by atoms with Crippen LogP contribution in [-0.4, -0.2) is 4.21 Å². The molecule has 0 aromatic heterocycles. The molecule has 0 saturated carbocycles. The van der Waals surface area contributed by atoms with Crippen molar-refractivity contribution in [2.24, 2.45) is 0 Å². The highest BCUT2D eigenvalue weighted by atomic mass is 32.2. The van der Waals surface area contributed by atoms with Gasteiger partial charge < -0.3 is 0 Å². The minimum atomic E-state index is -0.958. The molecule has 1 nitrogen and oxygen atoms in total. The van der Waals surface area contributed by atoms with Gasteiger partial charge in [-0.1, -0.05) is 42.0 Å². The van der Waals surface area contributed by atoms with E-state index in [1.165, 1.54) is 17.7 Å². The predicted octanol–water partition coefficient (Wildman–Crippen LogP) is 3.58. The van der Waals surface area contributed by atoms with E-state index in [1.807, 2.05) is 31.2 Å². The first-order valence-corrected chi connectivity index (χ1v) is 7.27. The molecule has 0 bridgehead atoms. The maximum atomic E-state index is 12.7. The first kappa shape index (κ1) is 13.0. The molecule has 1 atom stereocenters. The van der Waals surface area contributed by atoms with Gasteiger partial charge in [-0.15, -0.1) is 0 Å². The maximum Gasteiger partial charge on any atom is 0.123 e. The van der Waals surface area contributed by atoms with Gasteiger partial charge in [0.15, 0.2) is 0 Å². The summed E-state index contributed by atoms with van der Waals surface area (Å²) >= 11 is 0. The Hall–Kier alpha value is -1.48. The highest BCUT2D eigenvalue weighted by Crippen LogP contribution is 2.11. The Bertz CT molecular complexity index is 482. The van der Waals surface area contributed by atoms with Crippen molar-refractivity contribution in [1.82, 2.24) is 0 Å². The van der Waals surface area contributed by atoms with Gasteiger partial charge in [0.2, 0.25) is 0 Å². The molecule has 0 N–H and O–H groups in total. The normalized spacial score (nSPS) is 12.3. The standard InChI is InChI=1S/C15H15FOS/c1-12-2-4-13(5-3-12)10-18(17)11-14-6-8-15(16)9-7-14/h2-9H,10-11H2,1H3/t18-/m1/s1. The van der Waals surface area contributed by atoms with E-state index in [-0.39, 0.29) is 5.82 Å². The Kier molecular flexibility index (Phi) is 4.26. The molecule has 94 valence electrons. The van der Waals surface area contributed by atoms with E-state index in [2.05, 4.69) is 0 Å². The SMILES string of the molecule is Cc1ccc(C[S@@](=O)Cc2ccc(F)cc2)cc1. The van der Waals surface area contributed by atoms with Crippen LogP contribution in [-0.2, 0) is 22.3 Å². The van der Waals surface area contributed by atoms with Crippen molar-refractivity contribution in [1.29, 1.82) is 0 Å². The van der Waals surface area contributed by atoms with Crippen molar-refractivity contribution in [3.63, 3.8) is 0 Å². The third-order valence-electron chi connectivity index (χ3n) is 2.69. The Morgan fingerprint density at radius 2 is 1.33 bits per heavy atom. The molecule has 18 heavy (non-hydrogen) atoms. The minimum Gasteiger partial charge on any atom is -0.259 e. The van der Waals surface area contributed by atoms with Crippen LogP contribution in [0.15, 0.2) is 48.5 Å². The van der Waals surface area contributed by atoms with Crippen LogP contribution in [0.1, 0.15) is 16.7 Å². The van der Waals surface area contributed by atoms with Crippen molar-refractivity contribution in [2.75, 3.05) is 0 Å². The molecule has 0 amide bonds. The van der Waals surface area contributed by atoms with Gasteiger partial charge in [-0.25, -0.2) is 4.39 Å². The molecule has 2 rings (SSSR count). The van der Waals surface area contributed by atoms with E-state index in [0.29, 0.717) is 11.5 Å². The van der Waals surface area contributed by atoms with Gasteiger partial charge in [0.1, 0.15) is 5.82 Å². The summed E-state index contributed by atoms with van der Waals surface area (Å²) in [5.41, 5.74) is 3.17. The summed E-state index contributed by atoms with van der Waals surface area (Å²) in [5.74, 6) is 0.745. The molecule has 0 spiro atoms. The van der Waals surface area contributed by atoms with Gasteiger partial charge in [-0.05, 0) is 30.2 Å². The molecular weight excluding hydrogens is 247 g/mol. The predicted molar refractivity (Wildman–Crippen MR) is 73.1 cm³/mol. The first-order chi connectivity index (χ1) is 8.63. The molecule has 0 saturated heterocycles. The van der Waals surface area contributed by atoms with Crippen LogP contribution in [0, 0.1) is 12.7 Å². The highest BCUT2D eigenvalue weighted by Gasteiger charge is 2.03. The Labute approximate surface area is 109 Å². The van der Waals surface area contributed by atoms with Gasteiger partial charge >= 0.3 is 0 Å². The number of hydrogen-bond donors (Lipinski definition) is 0. The lowest BCUT2D eigenvalue weighted by Crippen LogP contribution is -1.99. The minimum absolute atomic E-state index is 0.261. The number of benzene rings is 2. The average molecular weight is 262 g/mol. The van der Waals surface area contributed by atoms with Crippen molar-refractivity contribution in [3.8, 4) is 0 Å². The smallest absolute Gasteiger partial charge is 0.123 e. The molecule has 3 heteroatoms. The molecule has 0 heterocycles. The molecule has 0 aliphatic rings. The van der Waals surface area contributed by atoms with E-state index < -0.39 is 10.8 Å². The Balaban J connectivity index is 1.96. The summed E-state index contributed by atoms with van der Waals surface area (Å²) in [4.78, 5) is 0. The maximum absolute atomic E-state index is 12.7. The Morgan fingerprint density at radius 1 is 0.889 bits per heavy atom. The van der Waals surface area contributed by atoms with Crippen LogP contribution in [0.4, 0.5) is 4.39 Å². The monoisotopic (exact) mass is 262 g/mol. The number of aryl methyl sites for hydroxylation is 1. The molecule has 0 aliphatic heterocycles. The number of hydrogen-bond acceptors (Lipinski definition) is 1. The third kappa shape index (κ3) is 3.77. The number of rotatable bonds is 4. The molecule has 0 radical (unpaired) electrons. The summed E-state index contributed by atoms with van der Waals surface area (Å²) in [6.45, 7) is 2.03. The summed E-state index contributed by atoms with van der Waals surface area (Å²) in [6.07, 6.45) is 0. The summed E-state index contributed by atoms with van der Waals surface area (Å²) < 4.78 is 24.7. The third-order valence-corrected chi connectivity index (χ3v) is 4.00. The van der Waals surface area contributed by atoms with E-state index in [0.717, 1.165) is 11.1 Å². The topological polar surface area (TPSA) is 17.1 Å². The first-order valence-electron chi connectivity index (χ1n) is 5.78. The van der Waals surface area contributed by atoms with Crippen LogP contribution in [0.3, 0.4) is 0 Å². The average Bonchev–Trinajstić information content (AvgIpc) is 2.35. The molecule has 2 aromatic carbocycles. The van der Waals surface area contributed by atoms with Crippen LogP contribution in [0.5, 0.6) is 0 Å². The largest absolute Gasteiger partial charge is 0.259 e. The zero-order valence-electron chi connectivity index (χ0n) is 10.2. The quantitative estimate of drug-likeness (QED) is 0.823. The molecule has 0 aliphatic carbocycles. The van der Waals surface area contributed by atoms with E-state index in [4.69, 9.17) is 0 Å². The molecule has 2 aromatic rings. The van der Waals surface area contributed by atoms with Gasteiger partial charge in [0.25, 0.3) is 0 Å². The van der Waals surface area contributed by atoms with Crippen molar-refractivity contribution >= 4 is 10.8 Å².